The molecule has 79 heavy (non-hydrogen) atoms. The number of phosphoric ester groups is 1. The first-order valence-electron chi connectivity index (χ1n) is 33.8. The number of carbonyl (C=O) groups excluding carboxylic acids is 1. The van der Waals surface area contributed by atoms with E-state index in [1.54, 1.807) is 6.08 Å². The molecular formula is C70H131N2O6P. The number of phosphoric acid groups is 1. The van der Waals surface area contributed by atoms with Crippen LogP contribution in [0.3, 0.4) is 0 Å². The van der Waals surface area contributed by atoms with E-state index >= 15 is 0 Å². The number of likely N-dealkylation sites (N-methyl/N-ethyl adjacent to an activating group) is 1. The van der Waals surface area contributed by atoms with Crippen LogP contribution in [-0.4, -0.2) is 68.5 Å². The molecule has 0 saturated heterocycles. The number of allylic oxidation sites excluding steroid dienone is 11. The smallest absolute Gasteiger partial charge is 0.268 e. The molecule has 8 nitrogen and oxygen atoms in total. The predicted octanol–water partition coefficient (Wildman–Crippen LogP) is 20.8. The SMILES string of the molecule is CCCCCCC/C=C\C/C=C\C/C=C\CCCCCCCCCCCCCCCCC(=O)NC(COP(=O)([O-])OCC[N+](C)(C)C)C(O)/C=C/CC/C=C/CC/C=C/CCCCCCCCCCCCCCCCCCCC. The minimum Gasteiger partial charge on any atom is -0.756 e. The van der Waals surface area contributed by atoms with E-state index in [4.69, 9.17) is 9.05 Å². The Bertz CT molecular complexity index is 1520. The predicted molar refractivity (Wildman–Crippen MR) is 344 cm³/mol. The molecule has 0 rings (SSSR count). The first kappa shape index (κ1) is 76.9. The summed E-state index contributed by atoms with van der Waals surface area (Å²) in [6, 6.07) is -0.915. The van der Waals surface area contributed by atoms with Crippen LogP contribution in [0, 0.1) is 0 Å². The molecule has 3 unspecified atom stereocenters. The lowest BCUT2D eigenvalue weighted by Gasteiger charge is -2.29. The van der Waals surface area contributed by atoms with Crippen LogP contribution in [0.25, 0.3) is 0 Å². The molecule has 462 valence electrons. The fourth-order valence-electron chi connectivity index (χ4n) is 9.84. The van der Waals surface area contributed by atoms with Gasteiger partial charge in [0.1, 0.15) is 13.2 Å². The van der Waals surface area contributed by atoms with Crippen LogP contribution in [0.4, 0.5) is 0 Å². The first-order valence-corrected chi connectivity index (χ1v) is 35.3. The maximum atomic E-state index is 13.0. The summed E-state index contributed by atoms with van der Waals surface area (Å²) in [5, 5.41) is 13.9. The Morgan fingerprint density at radius 3 is 1.11 bits per heavy atom. The second-order valence-corrected chi connectivity index (χ2v) is 25.6. The van der Waals surface area contributed by atoms with Crippen LogP contribution in [-0.2, 0) is 18.4 Å². The highest BCUT2D eigenvalue weighted by Gasteiger charge is 2.23. The molecular weight excluding hydrogens is 996 g/mol. The standard InChI is InChI=1S/C70H131N2O6P/c1-6-8-10-12-14-16-18-20-22-24-26-28-30-32-34-36-38-40-42-44-46-48-50-52-54-56-58-60-62-64-70(74)71-68(67-78-79(75,76)77-66-65-72(3,4)5)69(73)63-61-59-57-55-53-51-49-47-45-43-41-39-37-35-33-31-29-27-25-23-21-19-17-15-13-11-9-7-2/h18,20,24,26,30,32,45,47,53,55,61,63,68-69,73H,6-17,19,21-23,25,27-29,31,33-44,46,48-52,54,56-60,62,64-67H2,1-5H3,(H-,71,74,75,76)/b20-18-,26-24-,32-30-,47-45+,55-53+,63-61+. The van der Waals surface area contributed by atoms with Crippen molar-refractivity contribution in [1.82, 2.24) is 5.32 Å². The van der Waals surface area contributed by atoms with Crippen LogP contribution in [0.2, 0.25) is 0 Å². The summed E-state index contributed by atoms with van der Waals surface area (Å²) >= 11 is 0. The van der Waals surface area contributed by atoms with E-state index in [1.165, 1.54) is 238 Å². The summed E-state index contributed by atoms with van der Waals surface area (Å²) in [5.74, 6) is -0.210. The summed E-state index contributed by atoms with van der Waals surface area (Å²) in [4.78, 5) is 25.6. The Hall–Kier alpha value is -2.06. The molecule has 0 spiro atoms. The van der Waals surface area contributed by atoms with Crippen LogP contribution in [0.1, 0.15) is 316 Å². The first-order chi connectivity index (χ1) is 38.5. The molecule has 0 aliphatic carbocycles. The highest BCUT2D eigenvalue weighted by Crippen LogP contribution is 2.38. The van der Waals surface area contributed by atoms with Gasteiger partial charge in [0, 0.05) is 6.42 Å². The van der Waals surface area contributed by atoms with Crippen molar-refractivity contribution < 1.29 is 32.9 Å². The molecule has 0 fully saturated rings. The van der Waals surface area contributed by atoms with Gasteiger partial charge in [-0.05, 0) is 83.5 Å². The van der Waals surface area contributed by atoms with E-state index in [1.807, 2.05) is 27.2 Å². The van der Waals surface area contributed by atoms with Crippen molar-refractivity contribution >= 4 is 13.7 Å². The van der Waals surface area contributed by atoms with Crippen molar-refractivity contribution in [2.45, 2.75) is 328 Å². The van der Waals surface area contributed by atoms with Crippen LogP contribution >= 0.6 is 7.82 Å². The van der Waals surface area contributed by atoms with Crippen molar-refractivity contribution in [2.24, 2.45) is 0 Å². The molecule has 0 aliphatic rings. The van der Waals surface area contributed by atoms with Gasteiger partial charge < -0.3 is 28.8 Å². The second-order valence-electron chi connectivity index (χ2n) is 24.2. The van der Waals surface area contributed by atoms with Gasteiger partial charge in [-0.2, -0.15) is 0 Å². The van der Waals surface area contributed by atoms with Gasteiger partial charge in [0.25, 0.3) is 7.82 Å². The maximum Gasteiger partial charge on any atom is 0.268 e. The number of carbonyl (C=O) groups is 1. The van der Waals surface area contributed by atoms with Gasteiger partial charge in [0.15, 0.2) is 0 Å². The third-order valence-corrected chi connectivity index (χ3v) is 16.1. The fraction of sp³-hybridized carbons (Fsp3) is 0.814. The molecule has 0 aliphatic heterocycles. The Morgan fingerprint density at radius 1 is 0.443 bits per heavy atom. The molecule has 3 atom stereocenters. The molecule has 0 heterocycles. The van der Waals surface area contributed by atoms with Gasteiger partial charge >= 0.3 is 0 Å². The molecule has 0 aromatic carbocycles. The molecule has 0 aromatic heterocycles. The number of nitrogens with one attached hydrogen (secondary N) is 1. The number of quaternary nitrogens is 1. The van der Waals surface area contributed by atoms with Gasteiger partial charge in [-0.1, -0.05) is 299 Å². The third kappa shape index (κ3) is 63.4. The fourth-order valence-corrected chi connectivity index (χ4v) is 10.6. The van der Waals surface area contributed by atoms with Crippen molar-refractivity contribution in [1.29, 1.82) is 0 Å². The summed E-state index contributed by atoms with van der Waals surface area (Å²) in [7, 11) is 1.24. The topological polar surface area (TPSA) is 108 Å². The Kier molecular flexibility index (Phi) is 59.0. The molecule has 0 aromatic rings. The third-order valence-electron chi connectivity index (χ3n) is 15.1. The second kappa shape index (κ2) is 60.5. The lowest BCUT2D eigenvalue weighted by Crippen LogP contribution is -2.45. The van der Waals surface area contributed by atoms with Crippen molar-refractivity contribution in [2.75, 3.05) is 40.9 Å². The van der Waals surface area contributed by atoms with E-state index in [-0.39, 0.29) is 12.5 Å². The lowest BCUT2D eigenvalue weighted by atomic mass is 10.0. The number of hydrogen-bond acceptors (Lipinski definition) is 6. The number of hydrogen-bond donors (Lipinski definition) is 2. The zero-order valence-electron chi connectivity index (χ0n) is 52.8. The van der Waals surface area contributed by atoms with Gasteiger partial charge in [0.05, 0.1) is 39.9 Å². The molecule has 2 N–H and O–H groups in total. The molecule has 9 heteroatoms. The number of amides is 1. The summed E-state index contributed by atoms with van der Waals surface area (Å²) < 4.78 is 23.4. The quantitative estimate of drug-likeness (QED) is 0.0272. The zero-order chi connectivity index (χ0) is 57.7. The Morgan fingerprint density at radius 2 is 0.747 bits per heavy atom. The van der Waals surface area contributed by atoms with Gasteiger partial charge in [0.2, 0.25) is 5.91 Å². The highest BCUT2D eigenvalue weighted by atomic mass is 31.2. The van der Waals surface area contributed by atoms with E-state index in [9.17, 15) is 19.4 Å². The van der Waals surface area contributed by atoms with Crippen molar-refractivity contribution in [3.8, 4) is 0 Å². The minimum atomic E-state index is -4.62. The molecule has 0 saturated carbocycles. The summed E-state index contributed by atoms with van der Waals surface area (Å²) in [6.07, 6.45) is 84.5. The minimum absolute atomic E-state index is 0.0109. The van der Waals surface area contributed by atoms with Gasteiger partial charge in [-0.3, -0.25) is 9.36 Å². The van der Waals surface area contributed by atoms with Crippen molar-refractivity contribution in [3.05, 3.63) is 72.9 Å². The maximum absolute atomic E-state index is 13.0. The lowest BCUT2D eigenvalue weighted by molar-refractivity contribution is -0.870. The number of nitrogens with zero attached hydrogens (tertiary/aromatic N) is 1. The number of rotatable bonds is 62. The monoisotopic (exact) mass is 1130 g/mol. The Labute approximate surface area is 491 Å². The van der Waals surface area contributed by atoms with E-state index < -0.39 is 26.6 Å². The Balaban J connectivity index is 4.17. The zero-order valence-corrected chi connectivity index (χ0v) is 53.7. The van der Waals surface area contributed by atoms with Crippen LogP contribution in [0.5, 0.6) is 0 Å². The van der Waals surface area contributed by atoms with Gasteiger partial charge in [-0.25, -0.2) is 0 Å². The summed E-state index contributed by atoms with van der Waals surface area (Å²) in [5.41, 5.74) is 0. The van der Waals surface area contributed by atoms with E-state index in [0.29, 0.717) is 17.4 Å². The average Bonchev–Trinajstić information content (AvgIpc) is 3.42. The normalized spacial score (nSPS) is 14.2. The highest BCUT2D eigenvalue weighted by molar-refractivity contribution is 7.45. The average molecular weight is 1130 g/mol. The summed E-state index contributed by atoms with van der Waals surface area (Å²) in [6.45, 7) is 4.64. The van der Waals surface area contributed by atoms with Crippen LogP contribution in [0.15, 0.2) is 72.9 Å². The molecule has 1 amide bonds. The van der Waals surface area contributed by atoms with E-state index in [2.05, 4.69) is 79.9 Å². The largest absolute Gasteiger partial charge is 0.756 e. The molecule has 0 radical (unpaired) electrons. The molecule has 0 bridgehead atoms. The van der Waals surface area contributed by atoms with Crippen molar-refractivity contribution in [3.63, 3.8) is 0 Å². The number of aliphatic hydroxyl groups excluding tert-OH is 1. The number of unbranched alkanes of at least 4 members (excludes halogenated alkanes) is 39. The van der Waals surface area contributed by atoms with Gasteiger partial charge in [-0.15, -0.1) is 0 Å². The van der Waals surface area contributed by atoms with Crippen LogP contribution < -0.4 is 10.2 Å². The van der Waals surface area contributed by atoms with E-state index in [0.717, 1.165) is 57.8 Å². The number of aliphatic hydroxyl groups is 1.